The molecule has 1 amide bonds. The van der Waals surface area contributed by atoms with Crippen LogP contribution in [0.5, 0.6) is 0 Å². The number of aliphatic hydroxyl groups excluding tert-OH is 1. The number of benzene rings is 1. The maximum absolute atomic E-state index is 12.4. The minimum Gasteiger partial charge on any atom is -0.393 e. The Bertz CT molecular complexity index is 834. The van der Waals surface area contributed by atoms with Crippen molar-refractivity contribution in [2.24, 2.45) is 5.92 Å². The number of sulfone groups is 1. The van der Waals surface area contributed by atoms with Crippen LogP contribution in [-0.4, -0.2) is 36.3 Å². The molecule has 1 aromatic carbocycles. The van der Waals surface area contributed by atoms with E-state index in [0.29, 0.717) is 12.8 Å². The molecule has 2 aromatic rings. The van der Waals surface area contributed by atoms with Gasteiger partial charge in [-0.1, -0.05) is 24.3 Å². The van der Waals surface area contributed by atoms with Crippen molar-refractivity contribution < 1.29 is 18.3 Å². The van der Waals surface area contributed by atoms with Crippen molar-refractivity contribution in [2.45, 2.75) is 36.3 Å². The number of carbonyl (C=O) groups excluding carboxylic acids is 1. The average molecular weight is 374 g/mol. The van der Waals surface area contributed by atoms with Gasteiger partial charge in [-0.05, 0) is 43.0 Å². The van der Waals surface area contributed by atoms with E-state index < -0.39 is 9.84 Å². The highest BCUT2D eigenvalue weighted by molar-refractivity contribution is 7.91. The van der Waals surface area contributed by atoms with Gasteiger partial charge in [0.1, 0.15) is 0 Å². The van der Waals surface area contributed by atoms with Crippen LogP contribution in [0.3, 0.4) is 0 Å². The quantitative estimate of drug-likeness (QED) is 0.771. The number of nitrogens with zero attached hydrogens (tertiary/aromatic N) is 1. The number of amides is 1. The summed E-state index contributed by atoms with van der Waals surface area (Å²) in [5, 5.41) is 12.5. The molecule has 1 saturated carbocycles. The molecular weight excluding hydrogens is 352 g/mol. The van der Waals surface area contributed by atoms with Crippen LogP contribution in [0.25, 0.3) is 0 Å². The molecule has 0 saturated heterocycles. The van der Waals surface area contributed by atoms with Crippen LogP contribution in [0.4, 0.5) is 0 Å². The van der Waals surface area contributed by atoms with Gasteiger partial charge in [-0.3, -0.25) is 9.78 Å². The fourth-order valence-corrected chi connectivity index (χ4v) is 4.38. The van der Waals surface area contributed by atoms with E-state index in [1.165, 1.54) is 12.1 Å². The van der Waals surface area contributed by atoms with Crippen molar-refractivity contribution in [2.75, 3.05) is 5.75 Å². The first-order valence-corrected chi connectivity index (χ1v) is 10.3. The monoisotopic (exact) mass is 374 g/mol. The summed E-state index contributed by atoms with van der Waals surface area (Å²) in [4.78, 5) is 16.9. The fraction of sp³-hybridized carbons (Fsp3) is 0.368. The average Bonchev–Trinajstić information content (AvgIpc) is 2.64. The van der Waals surface area contributed by atoms with Crippen LogP contribution >= 0.6 is 0 Å². The predicted molar refractivity (Wildman–Crippen MR) is 97.0 cm³/mol. The van der Waals surface area contributed by atoms with Crippen molar-refractivity contribution in [3.8, 4) is 0 Å². The topological polar surface area (TPSA) is 96.4 Å². The summed E-state index contributed by atoms with van der Waals surface area (Å²) in [6.45, 7) is 0. The summed E-state index contributed by atoms with van der Waals surface area (Å²) in [5.74, 6) is -0.471. The fourth-order valence-electron chi connectivity index (χ4n) is 3.11. The molecule has 1 aromatic heterocycles. The third kappa shape index (κ3) is 4.47. The SMILES string of the molecule is O=C(CCS(=O)(=O)c1ccccc1)NC(c1ccccn1)C1CC(O)C1. The zero-order valence-electron chi connectivity index (χ0n) is 14.3. The van der Waals surface area contributed by atoms with Crippen molar-refractivity contribution in [3.63, 3.8) is 0 Å². The first kappa shape index (κ1) is 18.5. The van der Waals surface area contributed by atoms with Crippen molar-refractivity contribution in [3.05, 3.63) is 60.4 Å². The van der Waals surface area contributed by atoms with E-state index in [-0.39, 0.29) is 41.0 Å². The lowest BCUT2D eigenvalue weighted by atomic mass is 9.76. The molecule has 1 aliphatic carbocycles. The van der Waals surface area contributed by atoms with Crippen LogP contribution in [0.15, 0.2) is 59.6 Å². The van der Waals surface area contributed by atoms with E-state index in [4.69, 9.17) is 0 Å². The van der Waals surface area contributed by atoms with E-state index in [9.17, 15) is 18.3 Å². The molecule has 1 fully saturated rings. The molecule has 0 radical (unpaired) electrons. The Morgan fingerprint density at radius 3 is 2.46 bits per heavy atom. The smallest absolute Gasteiger partial charge is 0.221 e. The van der Waals surface area contributed by atoms with E-state index in [1.807, 2.05) is 12.1 Å². The summed E-state index contributed by atoms with van der Waals surface area (Å²) in [5.41, 5.74) is 0.726. The molecule has 138 valence electrons. The van der Waals surface area contributed by atoms with Gasteiger partial charge in [0.2, 0.25) is 5.91 Å². The lowest BCUT2D eigenvalue weighted by Gasteiger charge is -2.37. The Hall–Kier alpha value is -2.25. The molecule has 1 heterocycles. The molecule has 0 aliphatic heterocycles. The second kappa shape index (κ2) is 7.97. The van der Waals surface area contributed by atoms with Crippen LogP contribution in [-0.2, 0) is 14.6 Å². The number of nitrogens with one attached hydrogen (secondary N) is 1. The van der Waals surface area contributed by atoms with Gasteiger partial charge in [-0.15, -0.1) is 0 Å². The molecule has 1 aliphatic rings. The first-order chi connectivity index (χ1) is 12.5. The van der Waals surface area contributed by atoms with E-state index in [1.54, 1.807) is 30.5 Å². The lowest BCUT2D eigenvalue weighted by molar-refractivity contribution is -0.122. The van der Waals surface area contributed by atoms with Gasteiger partial charge in [0.25, 0.3) is 0 Å². The maximum Gasteiger partial charge on any atom is 0.221 e. The highest BCUT2D eigenvalue weighted by Gasteiger charge is 2.36. The number of carbonyl (C=O) groups is 1. The maximum atomic E-state index is 12.4. The van der Waals surface area contributed by atoms with Gasteiger partial charge in [0.15, 0.2) is 9.84 Å². The Balaban J connectivity index is 1.63. The minimum absolute atomic E-state index is 0.106. The van der Waals surface area contributed by atoms with Crippen LogP contribution in [0, 0.1) is 5.92 Å². The number of hydrogen-bond donors (Lipinski definition) is 2. The zero-order chi connectivity index (χ0) is 18.6. The van der Waals surface area contributed by atoms with Gasteiger partial charge < -0.3 is 10.4 Å². The lowest BCUT2D eigenvalue weighted by Crippen LogP contribution is -2.42. The molecule has 2 N–H and O–H groups in total. The molecule has 3 rings (SSSR count). The summed E-state index contributed by atoms with van der Waals surface area (Å²) in [6, 6.07) is 13.3. The predicted octanol–water partition coefficient (Wildman–Crippen LogP) is 1.87. The highest BCUT2D eigenvalue weighted by Crippen LogP contribution is 2.37. The van der Waals surface area contributed by atoms with Crippen LogP contribution in [0.2, 0.25) is 0 Å². The molecule has 7 heteroatoms. The third-order valence-electron chi connectivity index (χ3n) is 4.64. The van der Waals surface area contributed by atoms with Gasteiger partial charge in [-0.25, -0.2) is 8.42 Å². The summed E-state index contributed by atoms with van der Waals surface area (Å²) in [7, 11) is -3.49. The Morgan fingerprint density at radius 1 is 1.15 bits per heavy atom. The second-order valence-electron chi connectivity index (χ2n) is 6.57. The van der Waals surface area contributed by atoms with E-state index >= 15 is 0 Å². The number of aromatic nitrogens is 1. The Kier molecular flexibility index (Phi) is 5.68. The van der Waals surface area contributed by atoms with Gasteiger partial charge >= 0.3 is 0 Å². The Labute approximate surface area is 153 Å². The molecule has 6 nitrogen and oxygen atoms in total. The molecular formula is C19H22N2O4S. The Morgan fingerprint density at radius 2 is 1.85 bits per heavy atom. The van der Waals surface area contributed by atoms with Gasteiger partial charge in [-0.2, -0.15) is 0 Å². The molecule has 26 heavy (non-hydrogen) atoms. The number of hydrogen-bond acceptors (Lipinski definition) is 5. The van der Waals surface area contributed by atoms with Gasteiger partial charge in [0.05, 0.1) is 28.5 Å². The number of rotatable bonds is 7. The van der Waals surface area contributed by atoms with Crippen molar-refractivity contribution in [1.82, 2.24) is 10.3 Å². The largest absolute Gasteiger partial charge is 0.393 e. The van der Waals surface area contributed by atoms with Gasteiger partial charge in [0, 0.05) is 12.6 Å². The van der Waals surface area contributed by atoms with E-state index in [2.05, 4.69) is 10.3 Å². The number of aliphatic hydroxyl groups is 1. The standard InChI is InChI=1S/C19H22N2O4S/c22-15-12-14(13-15)19(17-8-4-5-10-20-17)21-18(23)9-11-26(24,25)16-6-2-1-3-7-16/h1-8,10,14-15,19,22H,9,11-13H2,(H,21,23). The molecule has 1 atom stereocenters. The molecule has 0 bridgehead atoms. The summed E-state index contributed by atoms with van der Waals surface area (Å²) < 4.78 is 24.6. The molecule has 1 unspecified atom stereocenters. The highest BCUT2D eigenvalue weighted by atomic mass is 32.2. The van der Waals surface area contributed by atoms with E-state index in [0.717, 1.165) is 5.69 Å². The molecule has 0 spiro atoms. The number of pyridine rings is 1. The van der Waals surface area contributed by atoms with Crippen molar-refractivity contribution in [1.29, 1.82) is 0 Å². The zero-order valence-corrected chi connectivity index (χ0v) is 15.1. The summed E-state index contributed by atoms with van der Waals surface area (Å²) >= 11 is 0. The first-order valence-electron chi connectivity index (χ1n) is 8.62. The third-order valence-corrected chi connectivity index (χ3v) is 6.38. The normalized spacial score (nSPS) is 20.8. The van der Waals surface area contributed by atoms with Crippen LogP contribution in [0.1, 0.15) is 31.0 Å². The van der Waals surface area contributed by atoms with Crippen molar-refractivity contribution >= 4 is 15.7 Å². The summed E-state index contributed by atoms with van der Waals surface area (Å²) in [6.07, 6.45) is 2.40. The van der Waals surface area contributed by atoms with Crippen LogP contribution < -0.4 is 5.32 Å². The minimum atomic E-state index is -3.49. The second-order valence-corrected chi connectivity index (χ2v) is 8.68.